The standard InChI is InChI=1S/C18H23N3O3/c22-15-11-19-17(23)16(18(24)20-14-9-5-2-6-10-14)21(15)12-13-7-3-1-4-8-13/h1,3-4,7-8,14,16H,2,5-6,9-12H2,(H,19,23)(H,20,24). The minimum atomic E-state index is -1.09. The van der Waals surface area contributed by atoms with Gasteiger partial charge < -0.3 is 15.5 Å². The SMILES string of the molecule is O=C1NCC(=O)N(Cc2ccccc2)C1C(=O)NC1CCCCC1. The van der Waals surface area contributed by atoms with Crippen molar-refractivity contribution in [2.75, 3.05) is 6.54 Å². The Labute approximate surface area is 141 Å². The fourth-order valence-corrected chi connectivity index (χ4v) is 3.39. The monoisotopic (exact) mass is 329 g/mol. The number of amides is 3. The smallest absolute Gasteiger partial charge is 0.253 e. The predicted molar refractivity (Wildman–Crippen MR) is 88.8 cm³/mol. The highest BCUT2D eigenvalue weighted by Crippen LogP contribution is 2.19. The van der Waals surface area contributed by atoms with Gasteiger partial charge in [0.25, 0.3) is 11.8 Å². The van der Waals surface area contributed by atoms with E-state index >= 15 is 0 Å². The molecule has 1 saturated carbocycles. The summed E-state index contributed by atoms with van der Waals surface area (Å²) in [5, 5.41) is 5.49. The summed E-state index contributed by atoms with van der Waals surface area (Å²) in [6.45, 7) is 0.203. The van der Waals surface area contributed by atoms with Gasteiger partial charge >= 0.3 is 0 Å². The minimum Gasteiger partial charge on any atom is -0.351 e. The van der Waals surface area contributed by atoms with Crippen LogP contribution in [-0.4, -0.2) is 41.2 Å². The van der Waals surface area contributed by atoms with Gasteiger partial charge in [-0.15, -0.1) is 0 Å². The number of carbonyl (C=O) groups is 3. The molecule has 0 spiro atoms. The molecule has 1 atom stereocenters. The molecule has 1 aliphatic carbocycles. The lowest BCUT2D eigenvalue weighted by molar-refractivity contribution is -0.152. The zero-order valence-corrected chi connectivity index (χ0v) is 13.7. The fourth-order valence-electron chi connectivity index (χ4n) is 3.39. The van der Waals surface area contributed by atoms with Crippen molar-refractivity contribution in [3.63, 3.8) is 0 Å². The average Bonchev–Trinajstić information content (AvgIpc) is 2.60. The zero-order chi connectivity index (χ0) is 16.9. The van der Waals surface area contributed by atoms with E-state index in [1.165, 1.54) is 11.3 Å². The summed E-state index contributed by atoms with van der Waals surface area (Å²) in [7, 11) is 0. The molecule has 0 aromatic heterocycles. The third-order valence-electron chi connectivity index (χ3n) is 4.69. The summed E-state index contributed by atoms with van der Waals surface area (Å²) in [4.78, 5) is 38.6. The van der Waals surface area contributed by atoms with Gasteiger partial charge in [0.15, 0.2) is 6.04 Å². The highest BCUT2D eigenvalue weighted by atomic mass is 16.2. The van der Waals surface area contributed by atoms with E-state index in [2.05, 4.69) is 10.6 Å². The normalized spacial score (nSPS) is 22.2. The summed E-state index contributed by atoms with van der Waals surface area (Å²) in [5.41, 5.74) is 0.899. The Morgan fingerprint density at radius 2 is 1.83 bits per heavy atom. The van der Waals surface area contributed by atoms with Crippen molar-refractivity contribution in [3.05, 3.63) is 35.9 Å². The summed E-state index contributed by atoms with van der Waals surface area (Å²) < 4.78 is 0. The molecule has 2 N–H and O–H groups in total. The minimum absolute atomic E-state index is 0.0567. The van der Waals surface area contributed by atoms with Crippen LogP contribution in [0.4, 0.5) is 0 Å². The summed E-state index contributed by atoms with van der Waals surface area (Å²) in [5.74, 6) is -1.01. The van der Waals surface area contributed by atoms with Gasteiger partial charge in [-0.1, -0.05) is 49.6 Å². The summed E-state index contributed by atoms with van der Waals surface area (Å²) in [6.07, 6.45) is 5.25. The molecular weight excluding hydrogens is 306 g/mol. The fraction of sp³-hybridized carbons (Fsp3) is 0.500. The molecule has 128 valence electrons. The van der Waals surface area contributed by atoms with Crippen LogP contribution in [0.2, 0.25) is 0 Å². The van der Waals surface area contributed by atoms with Crippen molar-refractivity contribution in [2.45, 2.75) is 50.7 Å². The van der Waals surface area contributed by atoms with Gasteiger partial charge in [0.1, 0.15) is 0 Å². The topological polar surface area (TPSA) is 78.5 Å². The molecule has 6 nitrogen and oxygen atoms in total. The second-order valence-corrected chi connectivity index (χ2v) is 6.47. The van der Waals surface area contributed by atoms with Crippen molar-refractivity contribution >= 4 is 17.7 Å². The molecule has 1 unspecified atom stereocenters. The summed E-state index contributed by atoms with van der Waals surface area (Å²) >= 11 is 0. The van der Waals surface area contributed by atoms with Crippen LogP contribution in [0, 0.1) is 0 Å². The largest absolute Gasteiger partial charge is 0.351 e. The maximum Gasteiger partial charge on any atom is 0.253 e. The quantitative estimate of drug-likeness (QED) is 0.808. The van der Waals surface area contributed by atoms with Gasteiger partial charge in [-0.05, 0) is 18.4 Å². The molecule has 1 aromatic rings. The van der Waals surface area contributed by atoms with E-state index < -0.39 is 11.9 Å². The number of piperazine rings is 1. The van der Waals surface area contributed by atoms with Crippen molar-refractivity contribution in [3.8, 4) is 0 Å². The lowest BCUT2D eigenvalue weighted by Crippen LogP contribution is -2.64. The maximum absolute atomic E-state index is 12.7. The number of hydrogen-bond donors (Lipinski definition) is 2. The number of nitrogens with one attached hydrogen (secondary N) is 2. The highest BCUT2D eigenvalue weighted by Gasteiger charge is 2.40. The van der Waals surface area contributed by atoms with E-state index in [9.17, 15) is 14.4 Å². The van der Waals surface area contributed by atoms with Crippen LogP contribution >= 0.6 is 0 Å². The van der Waals surface area contributed by atoms with E-state index in [0.29, 0.717) is 0 Å². The average molecular weight is 329 g/mol. The van der Waals surface area contributed by atoms with Gasteiger partial charge in [0, 0.05) is 12.6 Å². The molecule has 2 fully saturated rings. The Morgan fingerprint density at radius 3 is 2.54 bits per heavy atom. The van der Waals surface area contributed by atoms with Crippen molar-refractivity contribution in [2.24, 2.45) is 0 Å². The Morgan fingerprint density at radius 1 is 1.12 bits per heavy atom. The van der Waals surface area contributed by atoms with Crippen LogP contribution in [0.5, 0.6) is 0 Å². The second-order valence-electron chi connectivity index (χ2n) is 6.47. The number of hydrogen-bond acceptors (Lipinski definition) is 3. The van der Waals surface area contributed by atoms with E-state index in [-0.39, 0.29) is 30.9 Å². The molecule has 1 aliphatic heterocycles. The van der Waals surface area contributed by atoms with Gasteiger partial charge in [-0.25, -0.2) is 0 Å². The number of rotatable bonds is 4. The van der Waals surface area contributed by atoms with Crippen molar-refractivity contribution < 1.29 is 14.4 Å². The Bertz CT molecular complexity index is 611. The van der Waals surface area contributed by atoms with Crippen molar-refractivity contribution in [1.29, 1.82) is 0 Å². The lowest BCUT2D eigenvalue weighted by atomic mass is 9.95. The molecular formula is C18H23N3O3. The van der Waals surface area contributed by atoms with Crippen LogP contribution in [0.15, 0.2) is 30.3 Å². The van der Waals surface area contributed by atoms with Gasteiger partial charge in [0.05, 0.1) is 6.54 Å². The molecule has 0 radical (unpaired) electrons. The first-order chi connectivity index (χ1) is 11.6. The van der Waals surface area contributed by atoms with Gasteiger partial charge in [-0.2, -0.15) is 0 Å². The molecule has 0 bridgehead atoms. The van der Waals surface area contributed by atoms with Gasteiger partial charge in [-0.3, -0.25) is 14.4 Å². The van der Waals surface area contributed by atoms with E-state index in [4.69, 9.17) is 0 Å². The Balaban J connectivity index is 1.74. The van der Waals surface area contributed by atoms with Crippen LogP contribution in [0.25, 0.3) is 0 Å². The highest BCUT2D eigenvalue weighted by molar-refractivity contribution is 6.09. The first-order valence-electron chi connectivity index (χ1n) is 8.56. The van der Waals surface area contributed by atoms with Crippen LogP contribution in [-0.2, 0) is 20.9 Å². The number of nitrogens with zero attached hydrogens (tertiary/aromatic N) is 1. The Hall–Kier alpha value is -2.37. The second kappa shape index (κ2) is 7.47. The first kappa shape index (κ1) is 16.5. The molecule has 6 heteroatoms. The molecule has 24 heavy (non-hydrogen) atoms. The zero-order valence-electron chi connectivity index (χ0n) is 13.7. The van der Waals surface area contributed by atoms with Gasteiger partial charge in [0.2, 0.25) is 5.91 Å². The van der Waals surface area contributed by atoms with Crippen LogP contribution in [0.1, 0.15) is 37.7 Å². The first-order valence-corrected chi connectivity index (χ1v) is 8.56. The number of benzene rings is 1. The van der Waals surface area contributed by atoms with Crippen LogP contribution < -0.4 is 10.6 Å². The number of carbonyl (C=O) groups excluding carboxylic acids is 3. The van der Waals surface area contributed by atoms with E-state index in [1.54, 1.807) is 0 Å². The van der Waals surface area contributed by atoms with Crippen LogP contribution in [0.3, 0.4) is 0 Å². The molecule has 3 rings (SSSR count). The molecule has 1 saturated heterocycles. The molecule has 1 heterocycles. The van der Waals surface area contributed by atoms with E-state index in [0.717, 1.165) is 31.2 Å². The third-order valence-corrected chi connectivity index (χ3v) is 4.69. The maximum atomic E-state index is 12.7. The predicted octanol–water partition coefficient (Wildman–Crippen LogP) is 0.962. The molecule has 3 amide bonds. The Kier molecular flexibility index (Phi) is 5.13. The van der Waals surface area contributed by atoms with E-state index in [1.807, 2.05) is 30.3 Å². The summed E-state index contributed by atoms with van der Waals surface area (Å²) in [6, 6.07) is 8.43. The third kappa shape index (κ3) is 3.75. The molecule has 2 aliphatic rings. The van der Waals surface area contributed by atoms with Crippen molar-refractivity contribution in [1.82, 2.24) is 15.5 Å². The lowest BCUT2D eigenvalue weighted by Gasteiger charge is -2.35. The molecule has 1 aromatic carbocycles.